The highest BCUT2D eigenvalue weighted by Gasteiger charge is 2.18. The fourth-order valence-electron chi connectivity index (χ4n) is 1.81. The highest BCUT2D eigenvalue weighted by molar-refractivity contribution is 6.00. The molecule has 0 unspecified atom stereocenters. The zero-order chi connectivity index (χ0) is 15.8. The van der Waals surface area contributed by atoms with Crippen LogP contribution in [-0.2, 0) is 16.5 Å². The summed E-state index contributed by atoms with van der Waals surface area (Å²) < 4.78 is 11.6. The van der Waals surface area contributed by atoms with E-state index < -0.39 is 5.97 Å². The van der Waals surface area contributed by atoms with E-state index in [4.69, 9.17) is 9.47 Å². The van der Waals surface area contributed by atoms with Crippen LogP contribution in [0.15, 0.2) is 12.4 Å². The SMILES string of the molecule is CCOC(=O)c1cn(C)cc1NC(=O)N(C)CCCOC. The molecule has 118 valence electrons. The Bertz CT molecular complexity index is 485. The van der Waals surface area contributed by atoms with Gasteiger partial charge < -0.3 is 24.3 Å². The molecular weight excluding hydrogens is 274 g/mol. The first-order valence-electron chi connectivity index (χ1n) is 6.83. The Hall–Kier alpha value is -2.02. The van der Waals surface area contributed by atoms with Gasteiger partial charge in [0.1, 0.15) is 5.56 Å². The molecule has 0 spiro atoms. The van der Waals surface area contributed by atoms with Gasteiger partial charge in [0.05, 0.1) is 12.3 Å². The molecule has 1 N–H and O–H groups in total. The Balaban J connectivity index is 2.69. The summed E-state index contributed by atoms with van der Waals surface area (Å²) in [7, 11) is 5.09. The third-order valence-electron chi connectivity index (χ3n) is 2.88. The van der Waals surface area contributed by atoms with Crippen molar-refractivity contribution in [1.29, 1.82) is 0 Å². The predicted octanol–water partition coefficient (Wildman–Crippen LogP) is 1.70. The lowest BCUT2D eigenvalue weighted by Crippen LogP contribution is -2.32. The molecular formula is C14H23N3O4. The van der Waals surface area contributed by atoms with E-state index >= 15 is 0 Å². The van der Waals surface area contributed by atoms with Gasteiger partial charge in [0.25, 0.3) is 0 Å². The van der Waals surface area contributed by atoms with Gasteiger partial charge in [-0.15, -0.1) is 0 Å². The van der Waals surface area contributed by atoms with Gasteiger partial charge in [-0.2, -0.15) is 0 Å². The monoisotopic (exact) mass is 297 g/mol. The summed E-state index contributed by atoms with van der Waals surface area (Å²) in [6.45, 7) is 3.19. The van der Waals surface area contributed by atoms with E-state index in [0.29, 0.717) is 24.4 Å². The van der Waals surface area contributed by atoms with Crippen LogP contribution in [-0.4, -0.2) is 55.4 Å². The highest BCUT2D eigenvalue weighted by Crippen LogP contribution is 2.18. The van der Waals surface area contributed by atoms with E-state index in [9.17, 15) is 9.59 Å². The predicted molar refractivity (Wildman–Crippen MR) is 79.5 cm³/mol. The van der Waals surface area contributed by atoms with Gasteiger partial charge >= 0.3 is 12.0 Å². The Morgan fingerprint density at radius 3 is 2.71 bits per heavy atom. The van der Waals surface area contributed by atoms with Crippen LogP contribution in [0.2, 0.25) is 0 Å². The van der Waals surface area contributed by atoms with Crippen molar-refractivity contribution in [1.82, 2.24) is 9.47 Å². The van der Waals surface area contributed by atoms with Crippen LogP contribution in [0.25, 0.3) is 0 Å². The van der Waals surface area contributed by atoms with Crippen LogP contribution < -0.4 is 5.32 Å². The standard InChI is InChI=1S/C14H23N3O4/c1-5-21-13(18)11-9-16(2)10-12(11)15-14(19)17(3)7-6-8-20-4/h9-10H,5-8H2,1-4H3,(H,15,19). The van der Waals surface area contributed by atoms with Crippen molar-refractivity contribution in [2.24, 2.45) is 7.05 Å². The van der Waals surface area contributed by atoms with E-state index in [1.165, 1.54) is 0 Å². The Labute approximate surface area is 124 Å². The van der Waals surface area contributed by atoms with Gasteiger partial charge in [-0.3, -0.25) is 0 Å². The fraction of sp³-hybridized carbons (Fsp3) is 0.571. The number of esters is 1. The molecule has 2 amide bonds. The van der Waals surface area contributed by atoms with Gasteiger partial charge in [-0.25, -0.2) is 9.59 Å². The summed E-state index contributed by atoms with van der Waals surface area (Å²) in [5, 5.41) is 2.72. The van der Waals surface area contributed by atoms with E-state index in [2.05, 4.69) is 5.32 Å². The quantitative estimate of drug-likeness (QED) is 0.614. The molecule has 1 heterocycles. The minimum absolute atomic E-state index is 0.275. The second-order valence-electron chi connectivity index (χ2n) is 4.67. The molecule has 1 aromatic heterocycles. The highest BCUT2D eigenvalue weighted by atomic mass is 16.5. The number of nitrogens with one attached hydrogen (secondary N) is 1. The molecule has 0 radical (unpaired) electrons. The lowest BCUT2D eigenvalue weighted by Gasteiger charge is -2.17. The number of ether oxygens (including phenoxy) is 2. The lowest BCUT2D eigenvalue weighted by atomic mass is 10.3. The molecule has 0 aliphatic rings. The molecule has 0 fully saturated rings. The molecule has 7 nitrogen and oxygen atoms in total. The average Bonchev–Trinajstić information content (AvgIpc) is 2.80. The number of hydrogen-bond donors (Lipinski definition) is 1. The normalized spacial score (nSPS) is 10.3. The zero-order valence-corrected chi connectivity index (χ0v) is 13.0. The van der Waals surface area contributed by atoms with Crippen LogP contribution >= 0.6 is 0 Å². The maximum atomic E-state index is 12.1. The van der Waals surface area contributed by atoms with E-state index in [0.717, 1.165) is 6.42 Å². The van der Waals surface area contributed by atoms with Crippen LogP contribution in [0.5, 0.6) is 0 Å². The maximum absolute atomic E-state index is 12.1. The van der Waals surface area contributed by atoms with Crippen molar-refractivity contribution in [2.45, 2.75) is 13.3 Å². The first kappa shape index (κ1) is 17.0. The molecule has 21 heavy (non-hydrogen) atoms. The smallest absolute Gasteiger partial charge is 0.341 e. The van der Waals surface area contributed by atoms with Crippen molar-refractivity contribution in [2.75, 3.05) is 39.2 Å². The molecule has 1 rings (SSSR count). The van der Waals surface area contributed by atoms with Gasteiger partial charge in [-0.1, -0.05) is 0 Å². The van der Waals surface area contributed by atoms with E-state index in [1.54, 1.807) is 50.0 Å². The number of hydrogen-bond acceptors (Lipinski definition) is 4. The number of urea groups is 1. The number of aromatic nitrogens is 1. The van der Waals surface area contributed by atoms with Crippen molar-refractivity contribution in [3.63, 3.8) is 0 Å². The fourth-order valence-corrected chi connectivity index (χ4v) is 1.81. The van der Waals surface area contributed by atoms with Crippen molar-refractivity contribution in [3.8, 4) is 0 Å². The van der Waals surface area contributed by atoms with Gasteiger partial charge in [0, 0.05) is 46.8 Å². The Morgan fingerprint density at radius 1 is 1.38 bits per heavy atom. The number of nitrogens with zero attached hydrogens (tertiary/aromatic N) is 2. The summed E-state index contributed by atoms with van der Waals surface area (Å²) in [5.74, 6) is -0.449. The third kappa shape index (κ3) is 5.11. The minimum Gasteiger partial charge on any atom is -0.462 e. The van der Waals surface area contributed by atoms with Crippen LogP contribution in [0, 0.1) is 0 Å². The summed E-state index contributed by atoms with van der Waals surface area (Å²) in [4.78, 5) is 25.4. The van der Waals surface area contributed by atoms with E-state index in [1.807, 2.05) is 0 Å². The number of carbonyl (C=O) groups is 2. The molecule has 0 aliphatic heterocycles. The third-order valence-corrected chi connectivity index (χ3v) is 2.88. The van der Waals surface area contributed by atoms with Crippen molar-refractivity contribution < 1.29 is 19.1 Å². The summed E-state index contributed by atoms with van der Waals surface area (Å²) >= 11 is 0. The van der Waals surface area contributed by atoms with Gasteiger partial charge in [-0.05, 0) is 13.3 Å². The second-order valence-corrected chi connectivity index (χ2v) is 4.67. The van der Waals surface area contributed by atoms with Crippen molar-refractivity contribution in [3.05, 3.63) is 18.0 Å². The summed E-state index contributed by atoms with van der Waals surface area (Å²) in [6.07, 6.45) is 4.05. The lowest BCUT2D eigenvalue weighted by molar-refractivity contribution is 0.0527. The molecule has 0 aromatic carbocycles. The number of aryl methyl sites for hydroxylation is 1. The second kappa shape index (κ2) is 8.31. The number of amides is 2. The first-order chi connectivity index (χ1) is 9.99. The Morgan fingerprint density at radius 2 is 2.10 bits per heavy atom. The molecule has 1 aromatic rings. The number of methoxy groups -OCH3 is 1. The summed E-state index contributed by atoms with van der Waals surface area (Å²) in [6, 6.07) is -0.275. The van der Waals surface area contributed by atoms with E-state index in [-0.39, 0.29) is 12.6 Å². The maximum Gasteiger partial charge on any atom is 0.341 e. The topological polar surface area (TPSA) is 72.8 Å². The van der Waals surface area contributed by atoms with Gasteiger partial charge in [0.2, 0.25) is 0 Å². The molecule has 0 saturated carbocycles. The minimum atomic E-state index is -0.449. The zero-order valence-electron chi connectivity index (χ0n) is 13.0. The van der Waals surface area contributed by atoms with Crippen LogP contribution in [0.1, 0.15) is 23.7 Å². The largest absolute Gasteiger partial charge is 0.462 e. The van der Waals surface area contributed by atoms with Crippen LogP contribution in [0.4, 0.5) is 10.5 Å². The number of carbonyl (C=O) groups excluding carboxylic acids is 2. The Kier molecular flexibility index (Phi) is 6.74. The molecule has 0 saturated heterocycles. The average molecular weight is 297 g/mol. The molecule has 0 atom stereocenters. The molecule has 7 heteroatoms. The summed E-state index contributed by atoms with van der Waals surface area (Å²) in [5.41, 5.74) is 0.789. The van der Waals surface area contributed by atoms with Gasteiger partial charge in [0.15, 0.2) is 0 Å². The van der Waals surface area contributed by atoms with Crippen LogP contribution in [0.3, 0.4) is 0 Å². The molecule has 0 bridgehead atoms. The number of anilines is 1. The van der Waals surface area contributed by atoms with Crippen molar-refractivity contribution >= 4 is 17.7 Å². The first-order valence-corrected chi connectivity index (χ1v) is 6.83. The number of rotatable bonds is 7. The molecule has 0 aliphatic carbocycles.